The maximum absolute atomic E-state index is 12.2. The van der Waals surface area contributed by atoms with Crippen molar-refractivity contribution < 1.29 is 0 Å². The van der Waals surface area contributed by atoms with Crippen LogP contribution in [0.15, 0.2) is 59.4 Å². The number of hydrogen-bond acceptors (Lipinski definition) is 2. The van der Waals surface area contributed by atoms with Crippen molar-refractivity contribution in [1.82, 2.24) is 9.55 Å². The average Bonchev–Trinajstić information content (AvgIpc) is 2.97. The molecule has 4 heteroatoms. The molecule has 2 aromatic heterocycles. The predicted molar refractivity (Wildman–Crippen MR) is 79.3 cm³/mol. The van der Waals surface area contributed by atoms with E-state index in [0.717, 1.165) is 26.9 Å². The van der Waals surface area contributed by atoms with E-state index in [9.17, 15) is 4.79 Å². The lowest BCUT2D eigenvalue weighted by Gasteiger charge is -1.99. The van der Waals surface area contributed by atoms with Crippen molar-refractivity contribution in [3.05, 3.63) is 64.3 Å². The molecule has 92 valence electrons. The molecule has 2 heterocycles. The Morgan fingerprint density at radius 1 is 1.00 bits per heavy atom. The summed E-state index contributed by atoms with van der Waals surface area (Å²) in [5, 5.41) is 1.11. The molecule has 4 aromatic rings. The first kappa shape index (κ1) is 10.6. The number of para-hydroxylation sites is 2. The van der Waals surface area contributed by atoms with Crippen molar-refractivity contribution in [3.63, 3.8) is 0 Å². The molecule has 0 aliphatic carbocycles. The Bertz CT molecular complexity index is 912. The third-order valence-electron chi connectivity index (χ3n) is 3.24. The second-order valence-electron chi connectivity index (χ2n) is 4.41. The zero-order valence-corrected chi connectivity index (χ0v) is 10.8. The number of nitrogens with zero attached hydrogens (tertiary/aromatic N) is 1. The van der Waals surface area contributed by atoms with E-state index < -0.39 is 0 Å². The minimum Gasteiger partial charge on any atom is -0.341 e. The highest BCUT2D eigenvalue weighted by Gasteiger charge is 2.10. The van der Waals surface area contributed by atoms with Crippen LogP contribution in [0.2, 0.25) is 0 Å². The van der Waals surface area contributed by atoms with Gasteiger partial charge in [0.15, 0.2) is 0 Å². The normalized spacial score (nSPS) is 11.4. The van der Waals surface area contributed by atoms with Crippen molar-refractivity contribution in [3.8, 4) is 5.82 Å². The molecular weight excluding hydrogens is 256 g/mol. The number of fused-ring (bicyclic) bond motifs is 2. The van der Waals surface area contributed by atoms with E-state index in [1.165, 1.54) is 11.3 Å². The monoisotopic (exact) mass is 266 g/mol. The molecule has 0 fully saturated rings. The Morgan fingerprint density at radius 2 is 1.79 bits per heavy atom. The number of H-pyrrole nitrogens is 1. The van der Waals surface area contributed by atoms with Gasteiger partial charge in [-0.15, -0.1) is 0 Å². The van der Waals surface area contributed by atoms with Gasteiger partial charge in [-0.2, -0.15) is 0 Å². The summed E-state index contributed by atoms with van der Waals surface area (Å²) >= 11 is 1.27. The van der Waals surface area contributed by atoms with Crippen LogP contribution >= 0.6 is 11.3 Å². The smallest absolute Gasteiger partial charge is 0.313 e. The molecule has 1 N–H and O–H groups in total. The number of rotatable bonds is 1. The van der Waals surface area contributed by atoms with Gasteiger partial charge in [0.1, 0.15) is 5.82 Å². The maximum Gasteiger partial charge on any atom is 0.313 e. The highest BCUT2D eigenvalue weighted by atomic mass is 32.1. The second-order valence-corrected chi connectivity index (χ2v) is 5.41. The lowest BCUT2D eigenvalue weighted by molar-refractivity contribution is 1.04. The summed E-state index contributed by atoms with van der Waals surface area (Å²) in [5.41, 5.74) is 1.99. The molecule has 0 spiro atoms. The van der Waals surface area contributed by atoms with Gasteiger partial charge < -0.3 is 4.98 Å². The standard InChI is InChI=1S/C15H10N2OS/c18-15-17(12-7-3-4-8-13(12)19-15)14-9-10-5-1-2-6-11(10)16-14/h1-9,16H. The Labute approximate surface area is 112 Å². The molecule has 4 rings (SSSR count). The van der Waals surface area contributed by atoms with E-state index in [1.807, 2.05) is 54.6 Å². The quantitative estimate of drug-likeness (QED) is 0.562. The maximum atomic E-state index is 12.2. The fraction of sp³-hybridized carbons (Fsp3) is 0. The third-order valence-corrected chi connectivity index (χ3v) is 4.16. The summed E-state index contributed by atoms with van der Waals surface area (Å²) in [6.45, 7) is 0. The summed E-state index contributed by atoms with van der Waals surface area (Å²) in [6.07, 6.45) is 0. The number of nitrogens with one attached hydrogen (secondary N) is 1. The first-order valence-corrected chi connectivity index (χ1v) is 6.83. The largest absolute Gasteiger partial charge is 0.341 e. The van der Waals surface area contributed by atoms with E-state index in [1.54, 1.807) is 4.57 Å². The SMILES string of the molecule is O=c1sc2ccccc2n1-c1cc2ccccc2[nH]1. The molecule has 0 aliphatic heterocycles. The summed E-state index contributed by atoms with van der Waals surface area (Å²) in [7, 11) is 0. The van der Waals surface area contributed by atoms with Gasteiger partial charge in [-0.3, -0.25) is 9.36 Å². The van der Waals surface area contributed by atoms with Gasteiger partial charge in [0, 0.05) is 10.9 Å². The van der Waals surface area contributed by atoms with Crippen molar-refractivity contribution >= 4 is 32.5 Å². The average molecular weight is 266 g/mol. The van der Waals surface area contributed by atoms with Crippen LogP contribution in [0.4, 0.5) is 0 Å². The summed E-state index contributed by atoms with van der Waals surface area (Å²) in [6, 6.07) is 17.9. The Balaban J connectivity index is 2.09. The van der Waals surface area contributed by atoms with Crippen LogP contribution in [0, 0.1) is 0 Å². The Morgan fingerprint density at radius 3 is 2.68 bits per heavy atom. The molecule has 0 aliphatic rings. The molecule has 3 nitrogen and oxygen atoms in total. The summed E-state index contributed by atoms with van der Waals surface area (Å²) in [5.74, 6) is 0.823. The van der Waals surface area contributed by atoms with Gasteiger partial charge in [-0.25, -0.2) is 0 Å². The van der Waals surface area contributed by atoms with Gasteiger partial charge in [0.25, 0.3) is 0 Å². The molecule has 0 bridgehead atoms. The van der Waals surface area contributed by atoms with Crippen molar-refractivity contribution in [2.75, 3.05) is 0 Å². The molecular formula is C15H10N2OS. The lowest BCUT2D eigenvalue weighted by Crippen LogP contribution is -2.10. The topological polar surface area (TPSA) is 37.8 Å². The molecule has 19 heavy (non-hydrogen) atoms. The predicted octanol–water partition coefficient (Wildman–Crippen LogP) is 3.53. The number of hydrogen-bond donors (Lipinski definition) is 1. The molecule has 0 saturated carbocycles. The van der Waals surface area contributed by atoms with Crippen molar-refractivity contribution in [2.24, 2.45) is 0 Å². The summed E-state index contributed by atoms with van der Waals surface area (Å²) in [4.78, 5) is 15.5. The highest BCUT2D eigenvalue weighted by molar-refractivity contribution is 7.16. The fourth-order valence-corrected chi connectivity index (χ4v) is 3.26. The highest BCUT2D eigenvalue weighted by Crippen LogP contribution is 2.23. The summed E-state index contributed by atoms with van der Waals surface area (Å²) < 4.78 is 2.74. The Hall–Kier alpha value is -2.33. The van der Waals surface area contributed by atoms with Crippen molar-refractivity contribution in [2.45, 2.75) is 0 Å². The first-order chi connectivity index (χ1) is 9.33. The van der Waals surface area contributed by atoms with E-state index in [4.69, 9.17) is 0 Å². The molecule has 0 amide bonds. The van der Waals surface area contributed by atoms with Crippen LogP contribution in [0.5, 0.6) is 0 Å². The van der Waals surface area contributed by atoms with Crippen LogP contribution < -0.4 is 4.87 Å². The van der Waals surface area contributed by atoms with Crippen LogP contribution in [0.1, 0.15) is 0 Å². The van der Waals surface area contributed by atoms with Gasteiger partial charge in [0.2, 0.25) is 0 Å². The molecule has 0 saturated heterocycles. The van der Waals surface area contributed by atoms with E-state index in [-0.39, 0.29) is 4.87 Å². The lowest BCUT2D eigenvalue weighted by atomic mass is 10.2. The van der Waals surface area contributed by atoms with Crippen LogP contribution in [0.3, 0.4) is 0 Å². The molecule has 0 unspecified atom stereocenters. The van der Waals surface area contributed by atoms with E-state index in [2.05, 4.69) is 4.98 Å². The van der Waals surface area contributed by atoms with Crippen LogP contribution in [-0.2, 0) is 0 Å². The molecule has 0 atom stereocenters. The molecule has 0 radical (unpaired) electrons. The minimum atomic E-state index is 0.0350. The minimum absolute atomic E-state index is 0.0350. The zero-order valence-electron chi connectivity index (χ0n) is 9.96. The van der Waals surface area contributed by atoms with Crippen LogP contribution in [0.25, 0.3) is 26.9 Å². The number of aromatic amines is 1. The Kier molecular flexibility index (Phi) is 2.13. The number of benzene rings is 2. The van der Waals surface area contributed by atoms with Gasteiger partial charge in [0.05, 0.1) is 10.2 Å². The fourth-order valence-electron chi connectivity index (χ4n) is 2.37. The second kappa shape index (κ2) is 3.83. The van der Waals surface area contributed by atoms with Crippen LogP contribution in [-0.4, -0.2) is 9.55 Å². The van der Waals surface area contributed by atoms with Gasteiger partial charge >= 0.3 is 4.87 Å². The van der Waals surface area contributed by atoms with Gasteiger partial charge in [-0.1, -0.05) is 41.7 Å². The number of thiazole rings is 1. The van der Waals surface area contributed by atoms with E-state index >= 15 is 0 Å². The van der Waals surface area contributed by atoms with Gasteiger partial charge in [-0.05, 0) is 24.3 Å². The van der Waals surface area contributed by atoms with E-state index in [0.29, 0.717) is 0 Å². The number of aromatic nitrogens is 2. The first-order valence-electron chi connectivity index (χ1n) is 6.02. The zero-order chi connectivity index (χ0) is 12.8. The molecule has 2 aromatic carbocycles. The third kappa shape index (κ3) is 1.54. The van der Waals surface area contributed by atoms with Crippen molar-refractivity contribution in [1.29, 1.82) is 0 Å².